The van der Waals surface area contributed by atoms with Crippen LogP contribution in [0.1, 0.15) is 15.9 Å². The number of primary amides is 1. The number of anilines is 1. The average Bonchev–Trinajstić information content (AvgIpc) is 3.12. The average molecular weight is 379 g/mol. The number of nitrogens with zero attached hydrogens (tertiary/aromatic N) is 4. The number of carbonyl (C=O) groups excluding carboxylic acids is 1. The van der Waals surface area contributed by atoms with Crippen LogP contribution in [-0.2, 0) is 6.54 Å². The maximum atomic E-state index is 11.6. The lowest BCUT2D eigenvalue weighted by atomic mass is 10.1. The van der Waals surface area contributed by atoms with Gasteiger partial charge in [-0.3, -0.25) is 4.79 Å². The summed E-state index contributed by atoms with van der Waals surface area (Å²) in [4.78, 5) is 20.4. The Morgan fingerprint density at radius 2 is 1.93 bits per heavy atom. The second kappa shape index (κ2) is 7.05. The SMILES string of the molecule is NC(=O)c1cccc2c1cnn2-c1ncc(Cl)c(NCc2ccccc2)n1. The van der Waals surface area contributed by atoms with Crippen molar-refractivity contribution in [2.24, 2.45) is 5.73 Å². The van der Waals surface area contributed by atoms with E-state index in [1.165, 1.54) is 6.20 Å². The van der Waals surface area contributed by atoms with Gasteiger partial charge in [-0.25, -0.2) is 4.98 Å². The van der Waals surface area contributed by atoms with Crippen LogP contribution in [0.15, 0.2) is 60.9 Å². The number of hydrogen-bond donors (Lipinski definition) is 2. The molecule has 0 spiro atoms. The molecule has 0 aliphatic carbocycles. The van der Waals surface area contributed by atoms with Crippen LogP contribution in [0.2, 0.25) is 5.02 Å². The number of nitrogens with two attached hydrogens (primary N) is 1. The van der Waals surface area contributed by atoms with Crippen molar-refractivity contribution in [1.29, 1.82) is 0 Å². The van der Waals surface area contributed by atoms with Gasteiger partial charge < -0.3 is 11.1 Å². The summed E-state index contributed by atoms with van der Waals surface area (Å²) in [7, 11) is 0. The van der Waals surface area contributed by atoms with Crippen molar-refractivity contribution in [2.45, 2.75) is 6.54 Å². The topological polar surface area (TPSA) is 98.7 Å². The van der Waals surface area contributed by atoms with Crippen LogP contribution in [0, 0.1) is 0 Å². The van der Waals surface area contributed by atoms with E-state index in [-0.39, 0.29) is 0 Å². The highest BCUT2D eigenvalue weighted by Crippen LogP contribution is 2.23. The maximum Gasteiger partial charge on any atom is 0.253 e. The molecule has 0 aliphatic rings. The Bertz CT molecular complexity index is 1130. The molecule has 0 bridgehead atoms. The van der Waals surface area contributed by atoms with Crippen molar-refractivity contribution in [3.63, 3.8) is 0 Å². The summed E-state index contributed by atoms with van der Waals surface area (Å²) in [5.74, 6) is 0.328. The normalized spacial score (nSPS) is 10.9. The summed E-state index contributed by atoms with van der Waals surface area (Å²) >= 11 is 6.23. The van der Waals surface area contributed by atoms with E-state index in [4.69, 9.17) is 17.3 Å². The fraction of sp³-hybridized carbons (Fsp3) is 0.0526. The van der Waals surface area contributed by atoms with Crippen molar-refractivity contribution >= 4 is 34.2 Å². The molecular weight excluding hydrogens is 364 g/mol. The Kier molecular flexibility index (Phi) is 4.43. The minimum Gasteiger partial charge on any atom is -0.366 e. The van der Waals surface area contributed by atoms with Gasteiger partial charge in [0.15, 0.2) is 5.82 Å². The fourth-order valence-electron chi connectivity index (χ4n) is 2.79. The lowest BCUT2D eigenvalue weighted by Gasteiger charge is -2.09. The first-order valence-electron chi connectivity index (χ1n) is 8.21. The van der Waals surface area contributed by atoms with Crippen LogP contribution in [0.3, 0.4) is 0 Å². The van der Waals surface area contributed by atoms with Gasteiger partial charge in [-0.05, 0) is 17.7 Å². The van der Waals surface area contributed by atoms with E-state index >= 15 is 0 Å². The van der Waals surface area contributed by atoms with Crippen LogP contribution in [0.25, 0.3) is 16.9 Å². The Labute approximate surface area is 159 Å². The molecule has 0 atom stereocenters. The summed E-state index contributed by atoms with van der Waals surface area (Å²) in [5.41, 5.74) is 7.61. The van der Waals surface area contributed by atoms with Gasteiger partial charge in [0.1, 0.15) is 5.02 Å². The molecule has 1 amide bonds. The summed E-state index contributed by atoms with van der Waals surface area (Å²) < 4.78 is 1.55. The molecule has 0 unspecified atom stereocenters. The van der Waals surface area contributed by atoms with Crippen molar-refractivity contribution in [2.75, 3.05) is 5.32 Å². The van der Waals surface area contributed by atoms with Gasteiger partial charge in [0.25, 0.3) is 5.95 Å². The second-order valence-corrected chi connectivity index (χ2v) is 6.27. The van der Waals surface area contributed by atoms with Gasteiger partial charge in [0.05, 0.1) is 23.5 Å². The van der Waals surface area contributed by atoms with Crippen molar-refractivity contribution in [3.8, 4) is 5.95 Å². The van der Waals surface area contributed by atoms with Gasteiger partial charge in [-0.2, -0.15) is 14.8 Å². The molecule has 4 rings (SSSR count). The van der Waals surface area contributed by atoms with Crippen molar-refractivity contribution in [3.05, 3.63) is 77.1 Å². The molecule has 27 heavy (non-hydrogen) atoms. The third-order valence-electron chi connectivity index (χ3n) is 4.10. The van der Waals surface area contributed by atoms with Crippen molar-refractivity contribution in [1.82, 2.24) is 19.7 Å². The van der Waals surface area contributed by atoms with Gasteiger partial charge in [-0.1, -0.05) is 48.0 Å². The highest BCUT2D eigenvalue weighted by atomic mass is 35.5. The van der Waals surface area contributed by atoms with Gasteiger partial charge in [0.2, 0.25) is 5.91 Å². The molecule has 0 fully saturated rings. The van der Waals surface area contributed by atoms with E-state index in [0.29, 0.717) is 39.8 Å². The number of nitrogens with one attached hydrogen (secondary N) is 1. The molecule has 2 aromatic heterocycles. The molecule has 8 heteroatoms. The van der Waals surface area contributed by atoms with E-state index in [0.717, 1.165) is 5.56 Å². The molecule has 0 saturated heterocycles. The molecule has 2 heterocycles. The minimum absolute atomic E-state index is 0.339. The number of rotatable bonds is 5. The molecular formula is C19H15ClN6O. The van der Waals surface area contributed by atoms with E-state index in [2.05, 4.69) is 20.4 Å². The lowest BCUT2D eigenvalue weighted by Crippen LogP contribution is -2.11. The van der Waals surface area contributed by atoms with Crippen LogP contribution in [-0.4, -0.2) is 25.7 Å². The highest BCUT2D eigenvalue weighted by Gasteiger charge is 2.14. The second-order valence-electron chi connectivity index (χ2n) is 5.86. The molecule has 0 saturated carbocycles. The quantitative estimate of drug-likeness (QED) is 0.555. The largest absolute Gasteiger partial charge is 0.366 e. The molecule has 4 aromatic rings. The predicted molar refractivity (Wildman–Crippen MR) is 104 cm³/mol. The number of benzene rings is 2. The summed E-state index contributed by atoms with van der Waals surface area (Å²) in [5, 5.41) is 8.57. The third kappa shape index (κ3) is 3.32. The first-order valence-corrected chi connectivity index (χ1v) is 8.58. The Hall–Kier alpha value is -3.45. The molecule has 0 aliphatic heterocycles. The zero-order chi connectivity index (χ0) is 18.8. The first kappa shape index (κ1) is 17.0. The lowest BCUT2D eigenvalue weighted by molar-refractivity contribution is 0.100. The van der Waals surface area contributed by atoms with E-state index in [1.54, 1.807) is 23.0 Å². The Morgan fingerprint density at radius 3 is 2.70 bits per heavy atom. The maximum absolute atomic E-state index is 11.6. The summed E-state index contributed by atoms with van der Waals surface area (Å²) in [6, 6.07) is 15.1. The Balaban J connectivity index is 1.70. The number of halogens is 1. The van der Waals surface area contributed by atoms with E-state index in [1.807, 2.05) is 36.4 Å². The molecule has 0 radical (unpaired) electrons. The van der Waals surface area contributed by atoms with Crippen molar-refractivity contribution < 1.29 is 4.79 Å². The highest BCUT2D eigenvalue weighted by molar-refractivity contribution is 6.32. The van der Waals surface area contributed by atoms with Gasteiger partial charge in [0, 0.05) is 11.9 Å². The smallest absolute Gasteiger partial charge is 0.253 e. The van der Waals surface area contributed by atoms with Crippen LogP contribution < -0.4 is 11.1 Å². The molecule has 7 nitrogen and oxygen atoms in total. The van der Waals surface area contributed by atoms with Crippen LogP contribution in [0.5, 0.6) is 0 Å². The summed E-state index contributed by atoms with van der Waals surface area (Å²) in [6.45, 7) is 0.572. The number of aromatic nitrogens is 4. The number of fused-ring (bicyclic) bond motifs is 1. The molecule has 134 valence electrons. The fourth-order valence-corrected chi connectivity index (χ4v) is 2.95. The standard InChI is InChI=1S/C19H15ClN6O/c20-15-11-23-19(25-18(15)22-9-12-5-2-1-3-6-12)26-16-8-4-7-13(17(21)27)14(16)10-24-26/h1-8,10-11H,9H2,(H2,21,27)(H,22,23,25). The number of amides is 1. The van der Waals surface area contributed by atoms with E-state index < -0.39 is 5.91 Å². The van der Waals surface area contributed by atoms with Crippen LogP contribution in [0.4, 0.5) is 5.82 Å². The number of carbonyl (C=O) groups is 1. The van der Waals surface area contributed by atoms with E-state index in [9.17, 15) is 4.79 Å². The number of hydrogen-bond acceptors (Lipinski definition) is 5. The first-order chi connectivity index (χ1) is 13.1. The monoisotopic (exact) mass is 378 g/mol. The van der Waals surface area contributed by atoms with Crippen LogP contribution >= 0.6 is 11.6 Å². The minimum atomic E-state index is -0.512. The Morgan fingerprint density at radius 1 is 1.11 bits per heavy atom. The predicted octanol–water partition coefficient (Wildman–Crippen LogP) is 3.18. The zero-order valence-electron chi connectivity index (χ0n) is 14.1. The third-order valence-corrected chi connectivity index (χ3v) is 4.38. The molecule has 2 aromatic carbocycles. The summed E-state index contributed by atoms with van der Waals surface area (Å²) in [6.07, 6.45) is 3.09. The van der Waals surface area contributed by atoms with Gasteiger partial charge >= 0.3 is 0 Å². The molecule has 3 N–H and O–H groups in total. The van der Waals surface area contributed by atoms with Gasteiger partial charge in [-0.15, -0.1) is 0 Å². The zero-order valence-corrected chi connectivity index (χ0v) is 14.9.